The van der Waals surface area contributed by atoms with Crippen molar-refractivity contribution in [2.24, 2.45) is 5.10 Å². The van der Waals surface area contributed by atoms with Gasteiger partial charge in [-0.15, -0.1) is 0 Å². The van der Waals surface area contributed by atoms with Gasteiger partial charge >= 0.3 is 0 Å². The predicted molar refractivity (Wildman–Crippen MR) is 94.8 cm³/mol. The van der Waals surface area contributed by atoms with Crippen LogP contribution in [0.4, 0.5) is 5.69 Å². The predicted octanol–water partition coefficient (Wildman–Crippen LogP) is 2.66. The monoisotopic (exact) mass is 327 g/mol. The Labute approximate surface area is 141 Å². The van der Waals surface area contributed by atoms with Crippen molar-refractivity contribution in [1.29, 1.82) is 0 Å². The molecular weight excluding hydrogens is 306 g/mol. The van der Waals surface area contributed by atoms with E-state index in [9.17, 15) is 4.79 Å². The van der Waals surface area contributed by atoms with Crippen molar-refractivity contribution < 1.29 is 14.3 Å². The first kappa shape index (κ1) is 17.3. The zero-order valence-corrected chi connectivity index (χ0v) is 13.8. The molecule has 24 heavy (non-hydrogen) atoms. The molecule has 126 valence electrons. The van der Waals surface area contributed by atoms with Crippen LogP contribution in [0.3, 0.4) is 0 Å². The number of rotatable bonds is 8. The molecule has 0 aromatic heterocycles. The van der Waals surface area contributed by atoms with E-state index in [1.807, 2.05) is 55.5 Å². The summed E-state index contributed by atoms with van der Waals surface area (Å²) in [5.74, 6) is 1.31. The first-order valence-corrected chi connectivity index (χ1v) is 7.64. The molecule has 0 aliphatic heterocycles. The van der Waals surface area contributed by atoms with Gasteiger partial charge in [0.25, 0.3) is 5.91 Å². The molecule has 0 radical (unpaired) electrons. The number of hydrogen-bond acceptors (Lipinski definition) is 5. The van der Waals surface area contributed by atoms with Crippen LogP contribution in [0.15, 0.2) is 53.6 Å². The van der Waals surface area contributed by atoms with Crippen molar-refractivity contribution in [3.63, 3.8) is 0 Å². The Balaban J connectivity index is 1.77. The van der Waals surface area contributed by atoms with Crippen LogP contribution in [0, 0.1) is 0 Å². The molecule has 0 unspecified atom stereocenters. The van der Waals surface area contributed by atoms with E-state index < -0.39 is 0 Å². The average molecular weight is 327 g/mol. The maximum absolute atomic E-state index is 11.8. The van der Waals surface area contributed by atoms with E-state index in [-0.39, 0.29) is 12.5 Å². The van der Waals surface area contributed by atoms with E-state index in [4.69, 9.17) is 9.47 Å². The third-order valence-corrected chi connectivity index (χ3v) is 3.12. The van der Waals surface area contributed by atoms with Gasteiger partial charge in [-0.05, 0) is 48.9 Å². The van der Waals surface area contributed by atoms with Crippen molar-refractivity contribution in [3.8, 4) is 11.5 Å². The van der Waals surface area contributed by atoms with Gasteiger partial charge in [-0.25, -0.2) is 5.43 Å². The van der Waals surface area contributed by atoms with Crippen LogP contribution < -0.4 is 20.2 Å². The minimum atomic E-state index is -0.233. The fourth-order valence-electron chi connectivity index (χ4n) is 1.96. The van der Waals surface area contributed by atoms with Gasteiger partial charge in [0, 0.05) is 5.69 Å². The molecule has 0 saturated carbocycles. The lowest BCUT2D eigenvalue weighted by Gasteiger charge is -2.07. The molecule has 0 saturated heterocycles. The molecule has 2 N–H and O–H groups in total. The number of anilines is 1. The highest BCUT2D eigenvalue weighted by Gasteiger charge is 2.00. The maximum Gasteiger partial charge on any atom is 0.259 e. The molecule has 0 aliphatic rings. The normalized spacial score (nSPS) is 10.4. The van der Waals surface area contributed by atoms with E-state index in [0.29, 0.717) is 6.61 Å². The molecule has 6 nitrogen and oxygen atoms in total. The second kappa shape index (κ2) is 9.19. The Morgan fingerprint density at radius 2 is 1.96 bits per heavy atom. The first-order valence-electron chi connectivity index (χ1n) is 7.64. The lowest BCUT2D eigenvalue weighted by molar-refractivity contribution is -0.119. The summed E-state index contributed by atoms with van der Waals surface area (Å²) in [6, 6.07) is 14.8. The molecule has 0 bridgehead atoms. The zero-order chi connectivity index (χ0) is 17.2. The molecule has 0 atom stereocenters. The summed E-state index contributed by atoms with van der Waals surface area (Å²) in [5.41, 5.74) is 4.15. The first-order chi connectivity index (χ1) is 11.7. The van der Waals surface area contributed by atoms with Gasteiger partial charge in [0.1, 0.15) is 11.5 Å². The zero-order valence-electron chi connectivity index (χ0n) is 13.8. The second-order valence-corrected chi connectivity index (χ2v) is 4.88. The van der Waals surface area contributed by atoms with Gasteiger partial charge < -0.3 is 14.8 Å². The third-order valence-electron chi connectivity index (χ3n) is 3.12. The van der Waals surface area contributed by atoms with Crippen LogP contribution in [0.25, 0.3) is 0 Å². The lowest BCUT2D eigenvalue weighted by atomic mass is 10.2. The maximum atomic E-state index is 11.8. The molecule has 0 heterocycles. The third kappa shape index (κ3) is 5.64. The summed E-state index contributed by atoms with van der Waals surface area (Å²) in [5, 5.41) is 6.95. The molecule has 2 rings (SSSR count). The van der Waals surface area contributed by atoms with Crippen LogP contribution in [0.2, 0.25) is 0 Å². The van der Waals surface area contributed by atoms with Crippen LogP contribution >= 0.6 is 0 Å². The molecule has 0 fully saturated rings. The Kier molecular flexibility index (Phi) is 6.64. The molecule has 0 aliphatic carbocycles. The molecule has 2 aromatic rings. The Bertz CT molecular complexity index is 684. The van der Waals surface area contributed by atoms with E-state index in [1.54, 1.807) is 13.3 Å². The van der Waals surface area contributed by atoms with E-state index in [0.717, 1.165) is 22.7 Å². The summed E-state index contributed by atoms with van der Waals surface area (Å²) >= 11 is 0. The van der Waals surface area contributed by atoms with Gasteiger partial charge in [-0.1, -0.05) is 12.1 Å². The highest BCUT2D eigenvalue weighted by molar-refractivity contribution is 5.84. The van der Waals surface area contributed by atoms with Gasteiger partial charge in [0.05, 0.1) is 26.5 Å². The summed E-state index contributed by atoms with van der Waals surface area (Å²) in [4.78, 5) is 11.8. The fourth-order valence-corrected chi connectivity index (χ4v) is 1.96. The number of benzene rings is 2. The van der Waals surface area contributed by atoms with Crippen molar-refractivity contribution in [2.75, 3.05) is 25.6 Å². The standard InChI is InChI=1S/C18H21N3O3/c1-3-24-16-9-7-15(8-10-16)19-13-18(22)21-20-12-14-5-4-6-17(11-14)23-2/h4-12,19H,3,13H2,1-2H3,(H,21,22)/b20-12-. The summed E-state index contributed by atoms with van der Waals surface area (Å²) in [6.07, 6.45) is 1.57. The van der Waals surface area contributed by atoms with Gasteiger partial charge in [0.15, 0.2) is 0 Å². The fraction of sp³-hybridized carbons (Fsp3) is 0.222. The van der Waals surface area contributed by atoms with Crippen molar-refractivity contribution >= 4 is 17.8 Å². The van der Waals surface area contributed by atoms with E-state index >= 15 is 0 Å². The number of nitrogens with one attached hydrogen (secondary N) is 2. The second-order valence-electron chi connectivity index (χ2n) is 4.88. The summed E-state index contributed by atoms with van der Waals surface area (Å²) in [7, 11) is 1.60. The topological polar surface area (TPSA) is 72.0 Å². The van der Waals surface area contributed by atoms with Crippen molar-refractivity contribution in [3.05, 3.63) is 54.1 Å². The largest absolute Gasteiger partial charge is 0.497 e. The van der Waals surface area contributed by atoms with Crippen LogP contribution in [-0.4, -0.2) is 32.4 Å². The van der Waals surface area contributed by atoms with E-state index in [2.05, 4.69) is 15.8 Å². The molecule has 1 amide bonds. The highest BCUT2D eigenvalue weighted by Crippen LogP contribution is 2.15. The van der Waals surface area contributed by atoms with Crippen LogP contribution in [-0.2, 0) is 4.79 Å². The smallest absolute Gasteiger partial charge is 0.259 e. The highest BCUT2D eigenvalue weighted by atomic mass is 16.5. The van der Waals surface area contributed by atoms with Crippen molar-refractivity contribution in [2.45, 2.75) is 6.92 Å². The quantitative estimate of drug-likeness (QED) is 0.577. The number of nitrogens with zero attached hydrogens (tertiary/aromatic N) is 1. The van der Waals surface area contributed by atoms with Crippen molar-refractivity contribution in [1.82, 2.24) is 5.43 Å². The molecular formula is C18H21N3O3. The number of ether oxygens (including phenoxy) is 2. The van der Waals surface area contributed by atoms with Crippen LogP contribution in [0.5, 0.6) is 11.5 Å². The summed E-state index contributed by atoms with van der Waals surface area (Å²) < 4.78 is 10.5. The average Bonchev–Trinajstić information content (AvgIpc) is 2.61. The number of carbonyl (C=O) groups excluding carboxylic acids is 1. The Morgan fingerprint density at radius 1 is 1.17 bits per heavy atom. The Hall–Kier alpha value is -3.02. The Morgan fingerprint density at radius 3 is 2.67 bits per heavy atom. The van der Waals surface area contributed by atoms with Gasteiger partial charge in [-0.2, -0.15) is 5.10 Å². The minimum absolute atomic E-state index is 0.128. The lowest BCUT2D eigenvalue weighted by Crippen LogP contribution is -2.25. The number of amides is 1. The van der Waals surface area contributed by atoms with Gasteiger partial charge in [0.2, 0.25) is 0 Å². The van der Waals surface area contributed by atoms with Gasteiger partial charge in [-0.3, -0.25) is 4.79 Å². The summed E-state index contributed by atoms with van der Waals surface area (Å²) in [6.45, 7) is 2.69. The van der Waals surface area contributed by atoms with E-state index in [1.165, 1.54) is 0 Å². The molecule has 6 heteroatoms. The van der Waals surface area contributed by atoms with Crippen LogP contribution in [0.1, 0.15) is 12.5 Å². The number of methoxy groups -OCH3 is 1. The minimum Gasteiger partial charge on any atom is -0.497 e. The number of carbonyl (C=O) groups is 1. The number of hydrogen-bond donors (Lipinski definition) is 2. The number of hydrazone groups is 1. The molecule has 0 spiro atoms. The SMILES string of the molecule is CCOc1ccc(NCC(=O)N/N=C\c2cccc(OC)c2)cc1. The molecule has 2 aromatic carbocycles.